The smallest absolute Gasteiger partial charge is 0.164 e. The molecular formula is C11H20N4S2. The Balaban J connectivity index is 2.02. The molecule has 0 spiro atoms. The van der Waals surface area contributed by atoms with Crippen LogP contribution in [0.15, 0.2) is 0 Å². The third-order valence-electron chi connectivity index (χ3n) is 2.87. The van der Waals surface area contributed by atoms with Crippen molar-refractivity contribution in [3.8, 4) is 0 Å². The number of aromatic nitrogens is 3. The maximum absolute atomic E-state index is 5.50. The van der Waals surface area contributed by atoms with Crippen LogP contribution in [0.2, 0.25) is 0 Å². The minimum absolute atomic E-state index is 0.460. The number of rotatable bonds is 5. The molecule has 1 aromatic rings. The molecule has 1 fully saturated rings. The lowest BCUT2D eigenvalue weighted by molar-refractivity contribution is 0.751. The fourth-order valence-corrected chi connectivity index (χ4v) is 4.95. The van der Waals surface area contributed by atoms with Crippen molar-refractivity contribution in [3.05, 3.63) is 11.6 Å². The second-order valence-electron chi connectivity index (χ2n) is 4.14. The number of hydrogen-bond acceptors (Lipinski definition) is 5. The molecule has 6 heteroatoms. The molecule has 0 radical (unpaired) electrons. The number of aromatic amines is 1. The summed E-state index contributed by atoms with van der Waals surface area (Å²) in [7, 11) is 0. The Kier molecular flexibility index (Phi) is 5.18. The van der Waals surface area contributed by atoms with Crippen LogP contribution in [-0.2, 0) is 6.42 Å². The average molecular weight is 272 g/mol. The van der Waals surface area contributed by atoms with E-state index in [9.17, 15) is 0 Å². The molecule has 1 aliphatic rings. The van der Waals surface area contributed by atoms with Crippen molar-refractivity contribution in [3.63, 3.8) is 0 Å². The summed E-state index contributed by atoms with van der Waals surface area (Å²) in [6.07, 6.45) is 3.07. The van der Waals surface area contributed by atoms with Crippen molar-refractivity contribution in [2.24, 2.45) is 5.73 Å². The summed E-state index contributed by atoms with van der Waals surface area (Å²) in [5.74, 6) is 4.43. The van der Waals surface area contributed by atoms with Crippen LogP contribution < -0.4 is 5.73 Å². The molecule has 1 aromatic heterocycles. The molecule has 1 saturated heterocycles. The summed E-state index contributed by atoms with van der Waals surface area (Å²) in [5.41, 5.74) is 5.50. The highest BCUT2D eigenvalue weighted by atomic mass is 32.2. The molecule has 2 unspecified atom stereocenters. The molecule has 2 atom stereocenters. The van der Waals surface area contributed by atoms with Gasteiger partial charge in [0, 0.05) is 23.2 Å². The van der Waals surface area contributed by atoms with Gasteiger partial charge in [-0.15, -0.1) is 11.8 Å². The number of hydrogen-bond donors (Lipinski definition) is 2. The predicted octanol–water partition coefficient (Wildman–Crippen LogP) is 2.00. The Morgan fingerprint density at radius 2 is 2.24 bits per heavy atom. The quantitative estimate of drug-likeness (QED) is 0.858. The second kappa shape index (κ2) is 6.66. The number of nitrogens with two attached hydrogens (primary N) is 1. The molecule has 0 aliphatic carbocycles. The summed E-state index contributed by atoms with van der Waals surface area (Å²) in [6, 6.07) is 0. The summed E-state index contributed by atoms with van der Waals surface area (Å²) in [4.78, 5) is 4.61. The van der Waals surface area contributed by atoms with Crippen LogP contribution in [0.1, 0.15) is 36.7 Å². The first-order chi connectivity index (χ1) is 8.35. The first kappa shape index (κ1) is 13.2. The predicted molar refractivity (Wildman–Crippen MR) is 75.5 cm³/mol. The molecule has 0 bridgehead atoms. The van der Waals surface area contributed by atoms with E-state index >= 15 is 0 Å². The van der Waals surface area contributed by atoms with Crippen molar-refractivity contribution < 1.29 is 0 Å². The van der Waals surface area contributed by atoms with Gasteiger partial charge in [0.25, 0.3) is 0 Å². The van der Waals surface area contributed by atoms with E-state index in [1.54, 1.807) is 0 Å². The minimum Gasteiger partial charge on any atom is -0.330 e. The standard InChI is InChI=1S/C11H20N4S2/c1-2-8-10(17-7-6-16-8)11-13-9(14-15-11)4-3-5-12/h8,10H,2-7,12H2,1H3,(H,13,14,15). The third-order valence-corrected chi connectivity index (χ3v) is 6.12. The maximum Gasteiger partial charge on any atom is 0.164 e. The van der Waals surface area contributed by atoms with Gasteiger partial charge in [-0.1, -0.05) is 6.92 Å². The zero-order chi connectivity index (χ0) is 12.1. The molecule has 3 N–H and O–H groups in total. The number of thioether (sulfide) groups is 2. The van der Waals surface area contributed by atoms with Gasteiger partial charge in [-0.3, -0.25) is 5.10 Å². The van der Waals surface area contributed by atoms with Gasteiger partial charge in [0.05, 0.1) is 5.25 Å². The summed E-state index contributed by atoms with van der Waals surface area (Å²) in [5, 5.41) is 8.54. The van der Waals surface area contributed by atoms with E-state index in [0.29, 0.717) is 17.0 Å². The summed E-state index contributed by atoms with van der Waals surface area (Å²) in [6.45, 7) is 2.96. The van der Waals surface area contributed by atoms with Gasteiger partial charge < -0.3 is 5.73 Å². The van der Waals surface area contributed by atoms with Gasteiger partial charge in [-0.25, -0.2) is 4.98 Å². The fourth-order valence-electron chi connectivity index (χ4n) is 1.96. The van der Waals surface area contributed by atoms with Gasteiger partial charge in [-0.2, -0.15) is 16.9 Å². The molecule has 1 aliphatic heterocycles. The highest BCUT2D eigenvalue weighted by Crippen LogP contribution is 2.42. The SMILES string of the molecule is CCC1SCCSC1c1n[nH]c(CCCN)n1. The van der Waals surface area contributed by atoms with Crippen LogP contribution in [0.3, 0.4) is 0 Å². The van der Waals surface area contributed by atoms with E-state index in [2.05, 4.69) is 33.9 Å². The topological polar surface area (TPSA) is 67.6 Å². The maximum atomic E-state index is 5.50. The van der Waals surface area contributed by atoms with Crippen molar-refractivity contribution in [1.82, 2.24) is 15.2 Å². The first-order valence-corrected chi connectivity index (χ1v) is 8.29. The Bertz CT molecular complexity index is 342. The van der Waals surface area contributed by atoms with Crippen LogP contribution in [0.25, 0.3) is 0 Å². The van der Waals surface area contributed by atoms with E-state index in [4.69, 9.17) is 5.73 Å². The molecule has 17 heavy (non-hydrogen) atoms. The summed E-state index contributed by atoms with van der Waals surface area (Å²) < 4.78 is 0. The number of nitrogens with one attached hydrogen (secondary N) is 1. The van der Waals surface area contributed by atoms with Crippen molar-refractivity contribution in [2.45, 2.75) is 36.7 Å². The molecule has 96 valence electrons. The minimum atomic E-state index is 0.460. The van der Waals surface area contributed by atoms with Gasteiger partial charge in [0.2, 0.25) is 0 Å². The van der Waals surface area contributed by atoms with Crippen LogP contribution in [-0.4, -0.2) is 38.5 Å². The normalized spacial score (nSPS) is 25.1. The molecule has 2 heterocycles. The van der Waals surface area contributed by atoms with Crippen LogP contribution >= 0.6 is 23.5 Å². The van der Waals surface area contributed by atoms with Crippen molar-refractivity contribution >= 4 is 23.5 Å². The van der Waals surface area contributed by atoms with Crippen molar-refractivity contribution in [1.29, 1.82) is 0 Å². The Labute approximate surface area is 111 Å². The molecule has 2 rings (SSSR count). The monoisotopic (exact) mass is 272 g/mol. The molecule has 4 nitrogen and oxygen atoms in total. The van der Waals surface area contributed by atoms with Crippen LogP contribution in [0.4, 0.5) is 0 Å². The highest BCUT2D eigenvalue weighted by molar-refractivity contribution is 8.06. The second-order valence-corrected chi connectivity index (χ2v) is 6.74. The molecule has 0 saturated carbocycles. The zero-order valence-electron chi connectivity index (χ0n) is 10.2. The Morgan fingerprint density at radius 3 is 3.00 bits per heavy atom. The molecule has 0 aromatic carbocycles. The Morgan fingerprint density at radius 1 is 1.41 bits per heavy atom. The van der Waals surface area contributed by atoms with Gasteiger partial charge in [-0.05, 0) is 19.4 Å². The van der Waals surface area contributed by atoms with E-state index in [-0.39, 0.29) is 0 Å². The largest absolute Gasteiger partial charge is 0.330 e. The fraction of sp³-hybridized carbons (Fsp3) is 0.818. The highest BCUT2D eigenvalue weighted by Gasteiger charge is 2.29. The molecular weight excluding hydrogens is 252 g/mol. The van der Waals surface area contributed by atoms with E-state index in [1.165, 1.54) is 17.9 Å². The number of aryl methyl sites for hydroxylation is 1. The van der Waals surface area contributed by atoms with Crippen molar-refractivity contribution in [2.75, 3.05) is 18.1 Å². The van der Waals surface area contributed by atoms with Gasteiger partial charge in [0.15, 0.2) is 5.82 Å². The van der Waals surface area contributed by atoms with Crippen LogP contribution in [0, 0.1) is 0 Å². The first-order valence-electron chi connectivity index (χ1n) is 6.19. The Hall–Kier alpha value is -0.200. The zero-order valence-corrected chi connectivity index (χ0v) is 11.8. The average Bonchev–Trinajstić information content (AvgIpc) is 2.85. The number of nitrogens with zero attached hydrogens (tertiary/aromatic N) is 2. The molecule has 0 amide bonds. The summed E-state index contributed by atoms with van der Waals surface area (Å²) >= 11 is 4.05. The number of H-pyrrole nitrogens is 1. The van der Waals surface area contributed by atoms with E-state index in [1.807, 2.05) is 11.8 Å². The van der Waals surface area contributed by atoms with E-state index in [0.717, 1.165) is 24.5 Å². The van der Waals surface area contributed by atoms with E-state index < -0.39 is 0 Å². The lowest BCUT2D eigenvalue weighted by Crippen LogP contribution is -2.19. The van der Waals surface area contributed by atoms with Gasteiger partial charge >= 0.3 is 0 Å². The lowest BCUT2D eigenvalue weighted by atomic mass is 10.2. The third kappa shape index (κ3) is 3.39. The lowest BCUT2D eigenvalue weighted by Gasteiger charge is -2.27. The van der Waals surface area contributed by atoms with Crippen LogP contribution in [0.5, 0.6) is 0 Å². The van der Waals surface area contributed by atoms with Gasteiger partial charge in [0.1, 0.15) is 5.82 Å².